The van der Waals surface area contributed by atoms with Gasteiger partial charge in [0.05, 0.1) is 6.61 Å². The normalized spacial score (nSPS) is 13.6. The lowest BCUT2D eigenvalue weighted by molar-refractivity contribution is -0.150. The van der Waals surface area contributed by atoms with Gasteiger partial charge in [-0.15, -0.1) is 0 Å². The highest BCUT2D eigenvalue weighted by atomic mass is 16.5. The third-order valence-corrected chi connectivity index (χ3v) is 3.71. The molecule has 0 bridgehead atoms. The van der Waals surface area contributed by atoms with Crippen LogP contribution < -0.4 is 10.2 Å². The molecule has 0 radical (unpaired) electrons. The van der Waals surface area contributed by atoms with Crippen LogP contribution in [0.1, 0.15) is 32.8 Å². The van der Waals surface area contributed by atoms with Gasteiger partial charge in [-0.25, -0.2) is 0 Å². The van der Waals surface area contributed by atoms with Gasteiger partial charge in [-0.05, 0) is 45.9 Å². The Morgan fingerprint density at radius 1 is 1.29 bits per heavy atom. The second kappa shape index (κ2) is 8.03. The van der Waals surface area contributed by atoms with Crippen molar-refractivity contribution in [3.05, 3.63) is 29.8 Å². The van der Waals surface area contributed by atoms with Gasteiger partial charge < -0.3 is 15.0 Å². The average molecular weight is 292 g/mol. The van der Waals surface area contributed by atoms with E-state index < -0.39 is 5.54 Å². The number of hydrogen-bond acceptors (Lipinski definition) is 4. The highest BCUT2D eigenvalue weighted by Gasteiger charge is 2.33. The average Bonchev–Trinajstić information content (AvgIpc) is 2.46. The van der Waals surface area contributed by atoms with Crippen LogP contribution in [0, 0.1) is 6.92 Å². The van der Waals surface area contributed by atoms with Gasteiger partial charge in [0.15, 0.2) is 0 Å². The zero-order valence-electron chi connectivity index (χ0n) is 13.9. The molecular formula is C17H28N2O2. The fourth-order valence-corrected chi connectivity index (χ4v) is 2.26. The number of hydrogen-bond donors (Lipinski definition) is 1. The van der Waals surface area contributed by atoms with Gasteiger partial charge in [0.1, 0.15) is 5.54 Å². The molecule has 1 N–H and O–H groups in total. The van der Waals surface area contributed by atoms with E-state index in [4.69, 9.17) is 4.74 Å². The molecule has 21 heavy (non-hydrogen) atoms. The van der Waals surface area contributed by atoms with E-state index >= 15 is 0 Å². The smallest absolute Gasteiger partial charge is 0.326 e. The van der Waals surface area contributed by atoms with Gasteiger partial charge >= 0.3 is 5.97 Å². The molecule has 1 aromatic rings. The number of anilines is 1. The third kappa shape index (κ3) is 5.05. The molecule has 1 atom stereocenters. The Hall–Kier alpha value is -1.55. The summed E-state index contributed by atoms with van der Waals surface area (Å²) < 4.78 is 5.19. The number of carbonyl (C=O) groups excluding carboxylic acids is 1. The van der Waals surface area contributed by atoms with Gasteiger partial charge in [-0.1, -0.05) is 24.6 Å². The summed E-state index contributed by atoms with van der Waals surface area (Å²) in [6.45, 7) is 9.76. The van der Waals surface area contributed by atoms with Crippen LogP contribution in [0.3, 0.4) is 0 Å². The first-order chi connectivity index (χ1) is 9.92. The number of nitrogens with zero attached hydrogens (tertiary/aromatic N) is 1. The summed E-state index contributed by atoms with van der Waals surface area (Å²) in [5.41, 5.74) is 1.77. The summed E-state index contributed by atoms with van der Waals surface area (Å²) in [6.07, 6.45) is 0.698. The third-order valence-electron chi connectivity index (χ3n) is 3.71. The minimum Gasteiger partial charge on any atom is -0.465 e. The van der Waals surface area contributed by atoms with E-state index in [1.165, 1.54) is 5.56 Å². The SMILES string of the molecule is CCNC(C)(CCN(C)c1ccc(C)cc1)C(=O)OCC. The minimum absolute atomic E-state index is 0.177. The molecule has 1 aromatic carbocycles. The van der Waals surface area contributed by atoms with Crippen molar-refractivity contribution >= 4 is 11.7 Å². The highest BCUT2D eigenvalue weighted by molar-refractivity contribution is 5.80. The summed E-state index contributed by atoms with van der Waals surface area (Å²) in [7, 11) is 2.04. The minimum atomic E-state index is -0.635. The Kier molecular flexibility index (Phi) is 6.69. The molecule has 0 saturated carbocycles. The fourth-order valence-electron chi connectivity index (χ4n) is 2.26. The molecule has 0 heterocycles. The molecule has 0 aliphatic rings. The molecule has 0 saturated heterocycles. The summed E-state index contributed by atoms with van der Waals surface area (Å²) in [5, 5.41) is 3.26. The predicted octanol–water partition coefficient (Wildman–Crippen LogP) is 2.75. The molecule has 0 amide bonds. The summed E-state index contributed by atoms with van der Waals surface area (Å²) >= 11 is 0. The van der Waals surface area contributed by atoms with Crippen molar-refractivity contribution in [3.8, 4) is 0 Å². The van der Waals surface area contributed by atoms with Crippen LogP contribution in [0.5, 0.6) is 0 Å². The number of nitrogens with one attached hydrogen (secondary N) is 1. The second-order valence-corrected chi connectivity index (χ2v) is 5.59. The van der Waals surface area contributed by atoms with Crippen LogP contribution in [-0.4, -0.2) is 38.3 Å². The van der Waals surface area contributed by atoms with Crippen LogP contribution in [0.4, 0.5) is 5.69 Å². The zero-order valence-corrected chi connectivity index (χ0v) is 13.9. The summed E-state index contributed by atoms with van der Waals surface area (Å²) in [5.74, 6) is -0.177. The van der Waals surface area contributed by atoms with Crippen LogP contribution in [-0.2, 0) is 9.53 Å². The fraction of sp³-hybridized carbons (Fsp3) is 0.588. The highest BCUT2D eigenvalue weighted by Crippen LogP contribution is 2.18. The van der Waals surface area contributed by atoms with E-state index in [1.54, 1.807) is 0 Å². The van der Waals surface area contributed by atoms with Gasteiger partial charge in [0, 0.05) is 19.3 Å². The maximum absolute atomic E-state index is 12.1. The van der Waals surface area contributed by atoms with Crippen LogP contribution >= 0.6 is 0 Å². The van der Waals surface area contributed by atoms with Crippen molar-refractivity contribution in [1.29, 1.82) is 0 Å². The molecule has 0 fully saturated rings. The molecule has 0 aromatic heterocycles. The van der Waals surface area contributed by atoms with Crippen molar-refractivity contribution in [2.24, 2.45) is 0 Å². The Balaban J connectivity index is 2.67. The Labute approximate surface area is 128 Å². The number of rotatable bonds is 8. The van der Waals surface area contributed by atoms with Gasteiger partial charge in [0.2, 0.25) is 0 Å². The standard InChI is InChI=1S/C17H28N2O2/c1-6-18-17(4,16(20)21-7-2)12-13-19(5)15-10-8-14(3)9-11-15/h8-11,18H,6-7,12-13H2,1-5H3. The van der Waals surface area contributed by atoms with Crippen LogP contribution in [0.25, 0.3) is 0 Å². The molecule has 1 rings (SSSR count). The van der Waals surface area contributed by atoms with E-state index in [-0.39, 0.29) is 5.97 Å². The lowest BCUT2D eigenvalue weighted by Crippen LogP contribution is -2.52. The molecule has 118 valence electrons. The molecule has 4 nitrogen and oxygen atoms in total. The van der Waals surface area contributed by atoms with Crippen molar-refractivity contribution in [3.63, 3.8) is 0 Å². The molecule has 1 unspecified atom stereocenters. The number of likely N-dealkylation sites (N-methyl/N-ethyl adjacent to an activating group) is 1. The second-order valence-electron chi connectivity index (χ2n) is 5.59. The van der Waals surface area contributed by atoms with Gasteiger partial charge in [-0.3, -0.25) is 4.79 Å². The van der Waals surface area contributed by atoms with Crippen molar-refractivity contribution in [2.75, 3.05) is 31.6 Å². The van der Waals surface area contributed by atoms with Crippen LogP contribution in [0.2, 0.25) is 0 Å². The van der Waals surface area contributed by atoms with Crippen molar-refractivity contribution in [1.82, 2.24) is 5.32 Å². The number of aryl methyl sites for hydroxylation is 1. The monoisotopic (exact) mass is 292 g/mol. The van der Waals surface area contributed by atoms with Crippen molar-refractivity contribution in [2.45, 2.75) is 39.7 Å². The quantitative estimate of drug-likeness (QED) is 0.748. The first kappa shape index (κ1) is 17.5. The van der Waals surface area contributed by atoms with Gasteiger partial charge in [-0.2, -0.15) is 0 Å². The maximum Gasteiger partial charge on any atom is 0.326 e. The molecule has 0 aliphatic heterocycles. The maximum atomic E-state index is 12.1. The lowest BCUT2D eigenvalue weighted by Gasteiger charge is -2.30. The predicted molar refractivity (Wildman–Crippen MR) is 87.8 cm³/mol. The Morgan fingerprint density at radius 2 is 1.90 bits per heavy atom. The molecule has 0 spiro atoms. The molecular weight excluding hydrogens is 264 g/mol. The number of esters is 1. The van der Waals surface area contributed by atoms with E-state index in [0.29, 0.717) is 13.0 Å². The largest absolute Gasteiger partial charge is 0.465 e. The zero-order chi connectivity index (χ0) is 15.9. The van der Waals surface area contributed by atoms with E-state index in [2.05, 4.69) is 41.4 Å². The van der Waals surface area contributed by atoms with Crippen molar-refractivity contribution < 1.29 is 9.53 Å². The summed E-state index contributed by atoms with van der Waals surface area (Å²) in [6, 6.07) is 8.40. The van der Waals surface area contributed by atoms with E-state index in [9.17, 15) is 4.79 Å². The molecule has 0 aliphatic carbocycles. The van der Waals surface area contributed by atoms with Crippen LogP contribution in [0.15, 0.2) is 24.3 Å². The Bertz CT molecular complexity index is 445. The number of benzene rings is 1. The molecule has 4 heteroatoms. The van der Waals surface area contributed by atoms with E-state index in [1.807, 2.05) is 27.8 Å². The topological polar surface area (TPSA) is 41.6 Å². The van der Waals surface area contributed by atoms with Gasteiger partial charge in [0.25, 0.3) is 0 Å². The lowest BCUT2D eigenvalue weighted by atomic mass is 9.97. The first-order valence-electron chi connectivity index (χ1n) is 7.63. The number of carbonyl (C=O) groups is 1. The Morgan fingerprint density at radius 3 is 2.43 bits per heavy atom. The number of ether oxygens (including phenoxy) is 1. The first-order valence-corrected chi connectivity index (χ1v) is 7.63. The summed E-state index contributed by atoms with van der Waals surface area (Å²) in [4.78, 5) is 14.3. The van der Waals surface area contributed by atoms with E-state index in [0.717, 1.165) is 18.8 Å².